The molecule has 0 unspecified atom stereocenters. The average molecular weight is 407 g/mol. The minimum atomic E-state index is -0.320. The van der Waals surface area contributed by atoms with Crippen molar-refractivity contribution in [2.45, 2.75) is 18.9 Å². The smallest absolute Gasteiger partial charge is 0.319 e. The highest BCUT2D eigenvalue weighted by Crippen LogP contribution is 2.22. The summed E-state index contributed by atoms with van der Waals surface area (Å²) in [7, 11) is 0. The molecule has 1 saturated heterocycles. The van der Waals surface area contributed by atoms with E-state index in [1.807, 2.05) is 30.3 Å². The van der Waals surface area contributed by atoms with Crippen LogP contribution in [0.5, 0.6) is 11.6 Å². The number of nitrogens with one attached hydrogen (secondary N) is 2. The van der Waals surface area contributed by atoms with Crippen molar-refractivity contribution in [3.63, 3.8) is 0 Å². The van der Waals surface area contributed by atoms with Gasteiger partial charge in [-0.3, -0.25) is 0 Å². The molecule has 0 bridgehead atoms. The van der Waals surface area contributed by atoms with Crippen molar-refractivity contribution >= 4 is 17.7 Å². The van der Waals surface area contributed by atoms with Crippen LogP contribution in [-0.4, -0.2) is 35.1 Å². The van der Waals surface area contributed by atoms with Crippen LogP contribution in [0.2, 0.25) is 0 Å². The maximum atomic E-state index is 13.0. The Hall–Kier alpha value is -3.68. The van der Waals surface area contributed by atoms with Crippen LogP contribution in [0, 0.1) is 5.82 Å². The molecule has 154 valence electrons. The van der Waals surface area contributed by atoms with E-state index in [0.717, 1.165) is 31.6 Å². The summed E-state index contributed by atoms with van der Waals surface area (Å²) in [6.45, 7) is 1.44. The number of hydrogen-bond donors (Lipinski definition) is 2. The van der Waals surface area contributed by atoms with E-state index in [2.05, 4.69) is 25.5 Å². The van der Waals surface area contributed by atoms with Crippen LogP contribution in [0.25, 0.3) is 0 Å². The molecule has 4 rings (SSSR count). The molecule has 1 aromatic heterocycles. The van der Waals surface area contributed by atoms with Gasteiger partial charge in [-0.05, 0) is 49.2 Å². The standard InChI is InChI=1S/C22H22FN5O2/c23-16-6-8-19(9-7-16)30-20-10-13-24-21(27-20)28-14-11-18(12-15-28)26-22(29)25-17-4-2-1-3-5-17/h1-10,13,18H,11-12,14-15H2,(H2,25,26,29). The van der Waals surface area contributed by atoms with Gasteiger partial charge in [-0.15, -0.1) is 0 Å². The number of rotatable bonds is 5. The molecule has 3 aromatic rings. The number of piperidine rings is 1. The van der Waals surface area contributed by atoms with Gasteiger partial charge >= 0.3 is 6.03 Å². The van der Waals surface area contributed by atoms with Crippen molar-refractivity contribution < 1.29 is 13.9 Å². The minimum Gasteiger partial charge on any atom is -0.439 e. The maximum absolute atomic E-state index is 13.0. The monoisotopic (exact) mass is 407 g/mol. The molecule has 0 radical (unpaired) electrons. The van der Waals surface area contributed by atoms with Crippen LogP contribution in [0.4, 0.5) is 20.8 Å². The second kappa shape index (κ2) is 9.21. The lowest BCUT2D eigenvalue weighted by atomic mass is 10.1. The third kappa shape index (κ3) is 5.22. The first-order valence-corrected chi connectivity index (χ1v) is 9.80. The van der Waals surface area contributed by atoms with Gasteiger partial charge in [0.25, 0.3) is 0 Å². The van der Waals surface area contributed by atoms with E-state index in [4.69, 9.17) is 4.74 Å². The summed E-state index contributed by atoms with van der Waals surface area (Å²) in [6, 6.07) is 16.7. The molecule has 2 amide bonds. The number of halogens is 1. The predicted octanol–water partition coefficient (Wildman–Crippen LogP) is 4.20. The molecule has 0 spiro atoms. The van der Waals surface area contributed by atoms with E-state index in [0.29, 0.717) is 17.6 Å². The molecule has 0 saturated carbocycles. The van der Waals surface area contributed by atoms with Crippen molar-refractivity contribution in [3.05, 3.63) is 72.7 Å². The van der Waals surface area contributed by atoms with Gasteiger partial charge in [0, 0.05) is 37.1 Å². The summed E-state index contributed by atoms with van der Waals surface area (Å²) < 4.78 is 18.7. The van der Waals surface area contributed by atoms with Gasteiger partial charge in [0.05, 0.1) is 0 Å². The average Bonchev–Trinajstić information content (AvgIpc) is 2.77. The third-order valence-electron chi connectivity index (χ3n) is 4.80. The highest BCUT2D eigenvalue weighted by atomic mass is 19.1. The number of nitrogens with zero attached hydrogens (tertiary/aromatic N) is 3. The molecular weight excluding hydrogens is 385 g/mol. The van der Waals surface area contributed by atoms with Crippen molar-refractivity contribution in [1.82, 2.24) is 15.3 Å². The number of urea groups is 1. The van der Waals surface area contributed by atoms with Crippen molar-refractivity contribution in [2.24, 2.45) is 0 Å². The molecule has 7 nitrogen and oxygen atoms in total. The number of para-hydroxylation sites is 1. The second-order valence-electron chi connectivity index (χ2n) is 6.98. The fraction of sp³-hybridized carbons (Fsp3) is 0.227. The lowest BCUT2D eigenvalue weighted by Crippen LogP contribution is -2.46. The van der Waals surface area contributed by atoms with Crippen LogP contribution in [0.15, 0.2) is 66.9 Å². The largest absolute Gasteiger partial charge is 0.439 e. The van der Waals surface area contributed by atoms with Crippen LogP contribution in [-0.2, 0) is 0 Å². The lowest BCUT2D eigenvalue weighted by molar-refractivity contribution is 0.246. The molecular formula is C22H22FN5O2. The molecule has 2 heterocycles. The fourth-order valence-corrected chi connectivity index (χ4v) is 3.26. The van der Waals surface area contributed by atoms with E-state index in [-0.39, 0.29) is 17.9 Å². The van der Waals surface area contributed by atoms with Crippen molar-refractivity contribution in [1.29, 1.82) is 0 Å². The molecule has 8 heteroatoms. The molecule has 2 N–H and O–H groups in total. The van der Waals surface area contributed by atoms with Gasteiger partial charge in [0.15, 0.2) is 0 Å². The van der Waals surface area contributed by atoms with Gasteiger partial charge in [-0.2, -0.15) is 4.98 Å². The Morgan fingerprint density at radius 3 is 2.50 bits per heavy atom. The number of amides is 2. The zero-order chi connectivity index (χ0) is 20.8. The normalized spacial score (nSPS) is 14.2. The fourth-order valence-electron chi connectivity index (χ4n) is 3.26. The van der Waals surface area contributed by atoms with E-state index < -0.39 is 0 Å². The number of carbonyl (C=O) groups is 1. The van der Waals surface area contributed by atoms with Gasteiger partial charge < -0.3 is 20.3 Å². The predicted molar refractivity (Wildman–Crippen MR) is 112 cm³/mol. The first-order valence-electron chi connectivity index (χ1n) is 9.80. The molecule has 2 aromatic carbocycles. The Balaban J connectivity index is 1.29. The molecule has 0 aliphatic carbocycles. The van der Waals surface area contributed by atoms with Crippen LogP contribution < -0.4 is 20.3 Å². The molecule has 30 heavy (non-hydrogen) atoms. The first kappa shape index (κ1) is 19.6. The van der Waals surface area contributed by atoms with E-state index in [1.165, 1.54) is 12.1 Å². The highest BCUT2D eigenvalue weighted by molar-refractivity contribution is 5.89. The van der Waals surface area contributed by atoms with Gasteiger partial charge in [-0.1, -0.05) is 18.2 Å². The number of anilines is 2. The number of carbonyl (C=O) groups excluding carboxylic acids is 1. The van der Waals surface area contributed by atoms with Gasteiger partial charge in [0.2, 0.25) is 11.8 Å². The second-order valence-corrected chi connectivity index (χ2v) is 6.98. The Morgan fingerprint density at radius 2 is 1.77 bits per heavy atom. The number of ether oxygens (including phenoxy) is 1. The highest BCUT2D eigenvalue weighted by Gasteiger charge is 2.22. The van der Waals surface area contributed by atoms with Crippen LogP contribution in [0.3, 0.4) is 0 Å². The molecule has 1 fully saturated rings. The Bertz CT molecular complexity index is 976. The third-order valence-corrected chi connectivity index (χ3v) is 4.80. The van der Waals surface area contributed by atoms with Crippen LogP contribution in [0.1, 0.15) is 12.8 Å². The molecule has 1 aliphatic rings. The summed E-state index contributed by atoms with van der Waals surface area (Å²) in [6.07, 6.45) is 3.21. The summed E-state index contributed by atoms with van der Waals surface area (Å²) in [5.41, 5.74) is 0.763. The summed E-state index contributed by atoms with van der Waals surface area (Å²) in [5.74, 6) is 1.16. The summed E-state index contributed by atoms with van der Waals surface area (Å²) >= 11 is 0. The quantitative estimate of drug-likeness (QED) is 0.663. The zero-order valence-corrected chi connectivity index (χ0v) is 16.3. The summed E-state index contributed by atoms with van der Waals surface area (Å²) in [5, 5.41) is 5.85. The maximum Gasteiger partial charge on any atom is 0.319 e. The number of benzene rings is 2. The number of hydrogen-bond acceptors (Lipinski definition) is 5. The van der Waals surface area contributed by atoms with Gasteiger partial charge in [0.1, 0.15) is 11.6 Å². The van der Waals surface area contributed by atoms with Crippen LogP contribution >= 0.6 is 0 Å². The number of aromatic nitrogens is 2. The molecule has 0 atom stereocenters. The minimum absolute atomic E-state index is 0.0867. The molecule has 1 aliphatic heterocycles. The topological polar surface area (TPSA) is 79.4 Å². The van der Waals surface area contributed by atoms with Crippen molar-refractivity contribution in [3.8, 4) is 11.6 Å². The van der Waals surface area contributed by atoms with E-state index >= 15 is 0 Å². The SMILES string of the molecule is O=C(Nc1ccccc1)NC1CCN(c2nccc(Oc3ccc(F)cc3)n2)CC1. The first-order chi connectivity index (χ1) is 14.7. The van der Waals surface area contributed by atoms with E-state index in [1.54, 1.807) is 24.4 Å². The Kier molecular flexibility index (Phi) is 6.03. The van der Waals surface area contributed by atoms with E-state index in [9.17, 15) is 9.18 Å². The lowest BCUT2D eigenvalue weighted by Gasteiger charge is -2.32. The Morgan fingerprint density at radius 1 is 1.03 bits per heavy atom. The zero-order valence-electron chi connectivity index (χ0n) is 16.3. The van der Waals surface area contributed by atoms with Gasteiger partial charge in [-0.25, -0.2) is 14.2 Å². The Labute approximate surface area is 173 Å². The van der Waals surface area contributed by atoms with Crippen molar-refractivity contribution in [2.75, 3.05) is 23.3 Å². The summed E-state index contributed by atoms with van der Waals surface area (Å²) in [4.78, 5) is 23.0.